The Hall–Kier alpha value is -3.28. The lowest BCUT2D eigenvalue weighted by molar-refractivity contribution is 0.607. The van der Waals surface area contributed by atoms with E-state index in [0.717, 1.165) is 16.8 Å². The van der Waals surface area contributed by atoms with Crippen molar-refractivity contribution in [2.24, 2.45) is 0 Å². The van der Waals surface area contributed by atoms with E-state index in [2.05, 4.69) is 15.3 Å². The summed E-state index contributed by atoms with van der Waals surface area (Å²) in [6.45, 7) is 3.97. The lowest BCUT2D eigenvalue weighted by Crippen LogP contribution is -2.24. The molecule has 2 heterocycles. The maximum atomic E-state index is 12.9. The molecule has 124 valence electrons. The Morgan fingerprint density at radius 1 is 1.04 bits per heavy atom. The summed E-state index contributed by atoms with van der Waals surface area (Å²) in [6.07, 6.45) is 1.57. The Labute approximate surface area is 144 Å². The van der Waals surface area contributed by atoms with E-state index in [0.29, 0.717) is 5.65 Å². The summed E-state index contributed by atoms with van der Waals surface area (Å²) in [7, 11) is 0. The summed E-state index contributed by atoms with van der Waals surface area (Å²) < 4.78 is 3.19. The molecular formula is C19H17N5O. The van der Waals surface area contributed by atoms with Crippen molar-refractivity contribution >= 4 is 11.2 Å². The third-order valence-electron chi connectivity index (χ3n) is 4.33. The molecule has 0 spiro atoms. The molecule has 6 heteroatoms. The molecule has 4 rings (SSSR count). The Kier molecular flexibility index (Phi) is 3.65. The Morgan fingerprint density at radius 2 is 1.84 bits per heavy atom. The molecule has 0 aliphatic heterocycles. The van der Waals surface area contributed by atoms with Gasteiger partial charge in [-0.15, -0.1) is 5.10 Å². The zero-order chi connectivity index (χ0) is 17.4. The Bertz CT molecular complexity index is 1100. The SMILES string of the molecule is Cc1cccc(-n2nnc3c(=O)n(C(C)c4ccccc4)cnc32)c1. The van der Waals surface area contributed by atoms with E-state index in [-0.39, 0.29) is 17.1 Å². The van der Waals surface area contributed by atoms with Gasteiger partial charge in [-0.1, -0.05) is 47.7 Å². The molecule has 0 fully saturated rings. The van der Waals surface area contributed by atoms with Crippen LogP contribution in [0.5, 0.6) is 0 Å². The van der Waals surface area contributed by atoms with Gasteiger partial charge in [-0.3, -0.25) is 9.36 Å². The van der Waals surface area contributed by atoms with E-state index in [9.17, 15) is 4.79 Å². The molecule has 1 unspecified atom stereocenters. The van der Waals surface area contributed by atoms with Crippen molar-refractivity contribution in [2.75, 3.05) is 0 Å². The van der Waals surface area contributed by atoms with Crippen molar-refractivity contribution in [1.29, 1.82) is 0 Å². The average Bonchev–Trinajstić information content (AvgIpc) is 3.07. The highest BCUT2D eigenvalue weighted by atomic mass is 16.1. The van der Waals surface area contributed by atoms with Crippen LogP contribution in [0.1, 0.15) is 24.1 Å². The van der Waals surface area contributed by atoms with Crippen LogP contribution in [-0.2, 0) is 0 Å². The highest BCUT2D eigenvalue weighted by Gasteiger charge is 2.16. The molecule has 0 aliphatic carbocycles. The quantitative estimate of drug-likeness (QED) is 0.579. The zero-order valence-electron chi connectivity index (χ0n) is 14.0. The number of aromatic nitrogens is 5. The van der Waals surface area contributed by atoms with E-state index in [1.165, 1.54) is 0 Å². The van der Waals surface area contributed by atoms with Gasteiger partial charge in [-0.05, 0) is 37.1 Å². The monoisotopic (exact) mass is 331 g/mol. The van der Waals surface area contributed by atoms with Gasteiger partial charge in [0.05, 0.1) is 11.7 Å². The van der Waals surface area contributed by atoms with Crippen molar-refractivity contribution in [3.63, 3.8) is 0 Å². The van der Waals surface area contributed by atoms with E-state index in [4.69, 9.17) is 0 Å². The van der Waals surface area contributed by atoms with Crippen LogP contribution in [0.25, 0.3) is 16.9 Å². The molecule has 0 aliphatic rings. The molecule has 4 aromatic rings. The van der Waals surface area contributed by atoms with Gasteiger partial charge in [0.1, 0.15) is 6.33 Å². The first kappa shape index (κ1) is 15.3. The fourth-order valence-corrected chi connectivity index (χ4v) is 2.92. The highest BCUT2D eigenvalue weighted by Crippen LogP contribution is 2.17. The molecule has 2 aromatic carbocycles. The van der Waals surface area contributed by atoms with Crippen LogP contribution >= 0.6 is 0 Å². The van der Waals surface area contributed by atoms with Gasteiger partial charge >= 0.3 is 0 Å². The fraction of sp³-hybridized carbons (Fsp3) is 0.158. The van der Waals surface area contributed by atoms with Crippen molar-refractivity contribution in [3.8, 4) is 5.69 Å². The molecule has 0 radical (unpaired) electrons. The van der Waals surface area contributed by atoms with Crippen molar-refractivity contribution in [3.05, 3.63) is 82.4 Å². The van der Waals surface area contributed by atoms with Crippen LogP contribution in [0.15, 0.2) is 65.7 Å². The lowest BCUT2D eigenvalue weighted by Gasteiger charge is -2.14. The number of nitrogens with zero attached hydrogens (tertiary/aromatic N) is 5. The van der Waals surface area contributed by atoms with Gasteiger partial charge in [0, 0.05) is 0 Å². The molecule has 0 amide bonds. The second-order valence-electron chi connectivity index (χ2n) is 6.06. The van der Waals surface area contributed by atoms with Gasteiger partial charge in [0.2, 0.25) is 0 Å². The maximum Gasteiger partial charge on any atom is 0.284 e. The van der Waals surface area contributed by atoms with Crippen LogP contribution in [0.2, 0.25) is 0 Å². The summed E-state index contributed by atoms with van der Waals surface area (Å²) in [5, 5.41) is 8.21. The molecule has 0 saturated heterocycles. The molecule has 6 nitrogen and oxygen atoms in total. The topological polar surface area (TPSA) is 65.6 Å². The second-order valence-corrected chi connectivity index (χ2v) is 6.06. The number of hydrogen-bond donors (Lipinski definition) is 0. The first-order chi connectivity index (χ1) is 12.1. The minimum Gasteiger partial charge on any atom is -0.290 e. The van der Waals surface area contributed by atoms with Crippen molar-refractivity contribution < 1.29 is 0 Å². The van der Waals surface area contributed by atoms with Crippen LogP contribution in [-0.4, -0.2) is 24.5 Å². The Morgan fingerprint density at radius 3 is 2.60 bits per heavy atom. The number of hydrogen-bond acceptors (Lipinski definition) is 4. The number of fused-ring (bicyclic) bond motifs is 1. The van der Waals surface area contributed by atoms with E-state index in [1.807, 2.05) is 68.4 Å². The first-order valence-electron chi connectivity index (χ1n) is 8.09. The van der Waals surface area contributed by atoms with Crippen LogP contribution in [0, 0.1) is 6.92 Å². The predicted molar refractivity (Wildman–Crippen MR) is 95.9 cm³/mol. The minimum absolute atomic E-state index is 0.130. The summed E-state index contributed by atoms with van der Waals surface area (Å²) in [5.41, 5.74) is 3.52. The zero-order valence-corrected chi connectivity index (χ0v) is 14.0. The molecule has 0 saturated carbocycles. The van der Waals surface area contributed by atoms with Crippen LogP contribution in [0.3, 0.4) is 0 Å². The smallest absolute Gasteiger partial charge is 0.284 e. The van der Waals surface area contributed by atoms with Crippen LogP contribution < -0.4 is 5.56 Å². The standard InChI is InChI=1S/C19H17N5O/c1-13-7-6-10-16(11-13)24-18-17(21-22-24)19(25)23(12-20-18)14(2)15-8-4-3-5-9-15/h3-12,14H,1-2H3. The van der Waals surface area contributed by atoms with Gasteiger partial charge in [-0.2, -0.15) is 4.68 Å². The molecule has 0 bridgehead atoms. The summed E-state index contributed by atoms with van der Waals surface area (Å²) in [6, 6.07) is 17.6. The second kappa shape index (κ2) is 5.98. The molecule has 25 heavy (non-hydrogen) atoms. The van der Waals surface area contributed by atoms with Gasteiger partial charge in [0.15, 0.2) is 11.2 Å². The normalized spacial score (nSPS) is 12.4. The lowest BCUT2D eigenvalue weighted by atomic mass is 10.1. The molecule has 0 N–H and O–H groups in total. The summed E-state index contributed by atoms with van der Waals surface area (Å²) in [4.78, 5) is 17.3. The molecular weight excluding hydrogens is 314 g/mol. The van der Waals surface area contributed by atoms with Crippen LogP contribution in [0.4, 0.5) is 0 Å². The van der Waals surface area contributed by atoms with E-state index >= 15 is 0 Å². The van der Waals surface area contributed by atoms with Gasteiger partial charge < -0.3 is 0 Å². The molecule has 2 aromatic heterocycles. The third-order valence-corrected chi connectivity index (χ3v) is 4.33. The van der Waals surface area contributed by atoms with E-state index < -0.39 is 0 Å². The average molecular weight is 331 g/mol. The maximum absolute atomic E-state index is 12.9. The summed E-state index contributed by atoms with van der Waals surface area (Å²) >= 11 is 0. The largest absolute Gasteiger partial charge is 0.290 e. The highest BCUT2D eigenvalue weighted by molar-refractivity contribution is 5.70. The fourth-order valence-electron chi connectivity index (χ4n) is 2.92. The number of rotatable bonds is 3. The van der Waals surface area contributed by atoms with Crippen molar-refractivity contribution in [1.82, 2.24) is 24.5 Å². The van der Waals surface area contributed by atoms with E-state index in [1.54, 1.807) is 15.6 Å². The molecule has 1 atom stereocenters. The number of aryl methyl sites for hydroxylation is 1. The van der Waals surface area contributed by atoms with Gasteiger partial charge in [-0.25, -0.2) is 4.98 Å². The number of benzene rings is 2. The third kappa shape index (κ3) is 2.61. The Balaban J connectivity index is 1.84. The predicted octanol–water partition coefficient (Wildman–Crippen LogP) is 2.89. The first-order valence-corrected chi connectivity index (χ1v) is 8.09. The van der Waals surface area contributed by atoms with Gasteiger partial charge in [0.25, 0.3) is 5.56 Å². The summed E-state index contributed by atoms with van der Waals surface area (Å²) in [5.74, 6) is 0. The van der Waals surface area contributed by atoms with Crippen molar-refractivity contribution in [2.45, 2.75) is 19.9 Å². The minimum atomic E-state index is -0.194.